The Morgan fingerprint density at radius 2 is 2.47 bits per heavy atom. The quantitative estimate of drug-likeness (QED) is 0.776. The van der Waals surface area contributed by atoms with Gasteiger partial charge in [0.2, 0.25) is 5.91 Å². The monoisotopic (exact) mass is 226 g/mol. The van der Waals surface area contributed by atoms with Gasteiger partial charge in [-0.3, -0.25) is 4.79 Å². The molecule has 4 heteroatoms. The molecule has 3 nitrogen and oxygen atoms in total. The van der Waals surface area contributed by atoms with E-state index in [2.05, 4.69) is 11.4 Å². The van der Waals surface area contributed by atoms with E-state index < -0.39 is 0 Å². The Hall–Kier alpha value is -0.870. The number of hydrogen-bond acceptors (Lipinski definition) is 3. The molecule has 1 heterocycles. The first-order valence-corrected chi connectivity index (χ1v) is 6.16. The zero-order chi connectivity index (χ0) is 11.1. The molecular formula is C11H18N2OS. The van der Waals surface area contributed by atoms with Crippen LogP contribution in [-0.4, -0.2) is 19.0 Å². The van der Waals surface area contributed by atoms with Crippen molar-refractivity contribution in [3.05, 3.63) is 22.4 Å². The van der Waals surface area contributed by atoms with E-state index in [1.54, 1.807) is 11.3 Å². The number of nitrogens with two attached hydrogens (primary N) is 1. The molecule has 1 atom stereocenters. The minimum atomic E-state index is 0.118. The lowest BCUT2D eigenvalue weighted by atomic mass is 10.0. The third-order valence-electron chi connectivity index (χ3n) is 2.32. The van der Waals surface area contributed by atoms with Crippen molar-refractivity contribution < 1.29 is 4.79 Å². The number of rotatable bonds is 6. The molecule has 0 spiro atoms. The highest BCUT2D eigenvalue weighted by Crippen LogP contribution is 2.24. The molecule has 3 N–H and O–H groups in total. The molecule has 1 rings (SSSR count). The third kappa shape index (κ3) is 4.01. The summed E-state index contributed by atoms with van der Waals surface area (Å²) in [5, 5.41) is 4.84. The number of nitrogens with one attached hydrogen (secondary N) is 1. The minimum absolute atomic E-state index is 0.118. The number of amides is 1. The molecule has 0 saturated carbocycles. The summed E-state index contributed by atoms with van der Waals surface area (Å²) in [6.07, 6.45) is 1.40. The Labute approximate surface area is 94.7 Å². The molecule has 1 aromatic heterocycles. The molecule has 0 radical (unpaired) electrons. The molecule has 0 bridgehead atoms. The summed E-state index contributed by atoms with van der Waals surface area (Å²) in [4.78, 5) is 12.6. The molecule has 0 aliphatic heterocycles. The molecule has 0 saturated heterocycles. The van der Waals surface area contributed by atoms with Gasteiger partial charge in [0.25, 0.3) is 0 Å². The maximum absolute atomic E-state index is 11.3. The van der Waals surface area contributed by atoms with Gasteiger partial charge in [0.05, 0.1) is 0 Å². The van der Waals surface area contributed by atoms with Gasteiger partial charge in [0.1, 0.15) is 0 Å². The lowest BCUT2D eigenvalue weighted by Gasteiger charge is -2.12. The van der Waals surface area contributed by atoms with Crippen LogP contribution in [0.3, 0.4) is 0 Å². The van der Waals surface area contributed by atoms with Gasteiger partial charge in [-0.25, -0.2) is 0 Å². The smallest absolute Gasteiger partial charge is 0.220 e. The molecule has 0 aliphatic carbocycles. The van der Waals surface area contributed by atoms with Crippen molar-refractivity contribution >= 4 is 17.2 Å². The van der Waals surface area contributed by atoms with Gasteiger partial charge in [0, 0.05) is 23.8 Å². The van der Waals surface area contributed by atoms with E-state index in [0.29, 0.717) is 25.4 Å². The second-order valence-electron chi connectivity index (χ2n) is 3.44. The van der Waals surface area contributed by atoms with E-state index >= 15 is 0 Å². The highest BCUT2D eigenvalue weighted by atomic mass is 32.1. The maximum Gasteiger partial charge on any atom is 0.220 e. The topological polar surface area (TPSA) is 55.1 Å². The van der Waals surface area contributed by atoms with Crippen LogP contribution in [0, 0.1) is 0 Å². The van der Waals surface area contributed by atoms with Gasteiger partial charge in [-0.2, -0.15) is 0 Å². The van der Waals surface area contributed by atoms with Crippen LogP contribution in [-0.2, 0) is 4.79 Å². The van der Waals surface area contributed by atoms with Gasteiger partial charge >= 0.3 is 0 Å². The van der Waals surface area contributed by atoms with Crippen molar-refractivity contribution in [2.24, 2.45) is 5.73 Å². The van der Waals surface area contributed by atoms with Crippen molar-refractivity contribution in [2.75, 3.05) is 13.1 Å². The summed E-state index contributed by atoms with van der Waals surface area (Å²) in [7, 11) is 0. The van der Waals surface area contributed by atoms with Crippen LogP contribution in [0.1, 0.15) is 30.6 Å². The van der Waals surface area contributed by atoms with E-state index in [0.717, 1.165) is 6.42 Å². The van der Waals surface area contributed by atoms with Crippen LogP contribution >= 0.6 is 11.3 Å². The Morgan fingerprint density at radius 3 is 3.00 bits per heavy atom. The standard InChI is InChI=1S/C11H18N2OS/c1-2-13-11(14)6-5-9(8-12)10-4-3-7-15-10/h3-4,7,9H,2,5-6,8,12H2,1H3,(H,13,14). The zero-order valence-electron chi connectivity index (χ0n) is 9.03. The molecule has 15 heavy (non-hydrogen) atoms. The molecule has 1 amide bonds. The Morgan fingerprint density at radius 1 is 1.67 bits per heavy atom. The summed E-state index contributed by atoms with van der Waals surface area (Å²) in [6, 6.07) is 4.11. The molecule has 1 unspecified atom stereocenters. The average molecular weight is 226 g/mol. The first-order chi connectivity index (χ1) is 7.27. The van der Waals surface area contributed by atoms with Crippen LogP contribution < -0.4 is 11.1 Å². The SMILES string of the molecule is CCNC(=O)CCC(CN)c1cccs1. The van der Waals surface area contributed by atoms with E-state index in [1.165, 1.54) is 4.88 Å². The minimum Gasteiger partial charge on any atom is -0.356 e. The highest BCUT2D eigenvalue weighted by Gasteiger charge is 2.12. The first-order valence-electron chi connectivity index (χ1n) is 5.28. The Bertz CT molecular complexity index is 285. The average Bonchev–Trinajstić information content (AvgIpc) is 2.72. The predicted molar refractivity (Wildman–Crippen MR) is 64.0 cm³/mol. The van der Waals surface area contributed by atoms with Crippen LogP contribution in [0.4, 0.5) is 0 Å². The van der Waals surface area contributed by atoms with Crippen molar-refractivity contribution in [1.29, 1.82) is 0 Å². The molecule has 0 aromatic carbocycles. The Kier molecular flexibility index (Phi) is 5.36. The van der Waals surface area contributed by atoms with E-state index in [4.69, 9.17) is 5.73 Å². The summed E-state index contributed by atoms with van der Waals surface area (Å²) < 4.78 is 0. The number of hydrogen-bond donors (Lipinski definition) is 2. The first kappa shape index (κ1) is 12.2. The lowest BCUT2D eigenvalue weighted by molar-refractivity contribution is -0.121. The highest BCUT2D eigenvalue weighted by molar-refractivity contribution is 7.10. The summed E-state index contributed by atoms with van der Waals surface area (Å²) in [6.45, 7) is 3.24. The van der Waals surface area contributed by atoms with Gasteiger partial charge < -0.3 is 11.1 Å². The number of thiophene rings is 1. The maximum atomic E-state index is 11.3. The zero-order valence-corrected chi connectivity index (χ0v) is 9.85. The van der Waals surface area contributed by atoms with Crippen molar-refractivity contribution in [3.63, 3.8) is 0 Å². The van der Waals surface area contributed by atoms with Gasteiger partial charge in [-0.05, 0) is 31.3 Å². The van der Waals surface area contributed by atoms with Crippen LogP contribution in [0.15, 0.2) is 17.5 Å². The van der Waals surface area contributed by atoms with Crippen molar-refractivity contribution in [3.8, 4) is 0 Å². The predicted octanol–water partition coefficient (Wildman–Crippen LogP) is 1.71. The molecule has 0 fully saturated rings. The van der Waals surface area contributed by atoms with Gasteiger partial charge in [0.15, 0.2) is 0 Å². The van der Waals surface area contributed by atoms with Gasteiger partial charge in [-0.15, -0.1) is 11.3 Å². The lowest BCUT2D eigenvalue weighted by Crippen LogP contribution is -2.23. The second kappa shape index (κ2) is 6.58. The van der Waals surface area contributed by atoms with Crippen LogP contribution in [0.25, 0.3) is 0 Å². The summed E-state index contributed by atoms with van der Waals surface area (Å²) in [5.74, 6) is 0.445. The Balaban J connectivity index is 2.38. The van der Waals surface area contributed by atoms with Crippen molar-refractivity contribution in [2.45, 2.75) is 25.7 Å². The molecule has 84 valence electrons. The van der Waals surface area contributed by atoms with Crippen LogP contribution in [0.2, 0.25) is 0 Å². The molecular weight excluding hydrogens is 208 g/mol. The van der Waals surface area contributed by atoms with E-state index in [9.17, 15) is 4.79 Å². The van der Waals surface area contributed by atoms with E-state index in [-0.39, 0.29) is 5.91 Å². The number of carbonyl (C=O) groups excluding carboxylic acids is 1. The summed E-state index contributed by atoms with van der Waals surface area (Å²) in [5.41, 5.74) is 5.70. The van der Waals surface area contributed by atoms with Crippen LogP contribution in [0.5, 0.6) is 0 Å². The number of carbonyl (C=O) groups is 1. The fourth-order valence-corrected chi connectivity index (χ4v) is 2.37. The largest absolute Gasteiger partial charge is 0.356 e. The second-order valence-corrected chi connectivity index (χ2v) is 4.42. The van der Waals surface area contributed by atoms with E-state index in [1.807, 2.05) is 18.4 Å². The fraction of sp³-hybridized carbons (Fsp3) is 0.545. The summed E-state index contributed by atoms with van der Waals surface area (Å²) >= 11 is 1.71. The fourth-order valence-electron chi connectivity index (χ4n) is 1.49. The normalized spacial score (nSPS) is 12.4. The molecule has 1 aromatic rings. The molecule has 0 aliphatic rings. The third-order valence-corrected chi connectivity index (χ3v) is 3.36. The van der Waals surface area contributed by atoms with Gasteiger partial charge in [-0.1, -0.05) is 6.07 Å². The van der Waals surface area contributed by atoms with Crippen molar-refractivity contribution in [1.82, 2.24) is 5.32 Å².